The minimum absolute atomic E-state index is 0.242. The van der Waals surface area contributed by atoms with Gasteiger partial charge in [-0.2, -0.15) is 0 Å². The first kappa shape index (κ1) is 14.4. The van der Waals surface area contributed by atoms with Crippen molar-refractivity contribution in [3.8, 4) is 5.75 Å². The second-order valence-electron chi connectivity index (χ2n) is 6.02. The molecule has 1 N–H and O–H groups in total. The lowest BCUT2D eigenvalue weighted by molar-refractivity contribution is 0.242. The van der Waals surface area contributed by atoms with Crippen molar-refractivity contribution < 1.29 is 4.74 Å². The molecule has 0 heterocycles. The summed E-state index contributed by atoms with van der Waals surface area (Å²) in [5.41, 5.74) is 1.33. The quantitative estimate of drug-likeness (QED) is 0.831. The van der Waals surface area contributed by atoms with Crippen LogP contribution in [0.4, 0.5) is 0 Å². The van der Waals surface area contributed by atoms with E-state index in [-0.39, 0.29) is 6.10 Å². The normalized spacial score (nSPS) is 17.9. The first-order chi connectivity index (χ1) is 9.15. The smallest absolute Gasteiger partial charge is 0.119 e. The topological polar surface area (TPSA) is 21.3 Å². The summed E-state index contributed by atoms with van der Waals surface area (Å²) in [5, 5.41) is 3.66. The highest BCUT2D eigenvalue weighted by Gasteiger charge is 2.20. The van der Waals surface area contributed by atoms with Gasteiger partial charge in [-0.05, 0) is 57.2 Å². The zero-order valence-corrected chi connectivity index (χ0v) is 12.5. The van der Waals surface area contributed by atoms with Gasteiger partial charge in [-0.3, -0.25) is 0 Å². The third-order valence-corrected chi connectivity index (χ3v) is 4.03. The Balaban J connectivity index is 1.79. The fourth-order valence-corrected chi connectivity index (χ4v) is 2.86. The maximum absolute atomic E-state index is 5.66. The van der Waals surface area contributed by atoms with Crippen molar-refractivity contribution in [1.29, 1.82) is 0 Å². The summed E-state index contributed by atoms with van der Waals surface area (Å²) in [4.78, 5) is 0. The van der Waals surface area contributed by atoms with E-state index in [1.165, 1.54) is 31.2 Å². The Morgan fingerprint density at radius 1 is 1.11 bits per heavy atom. The van der Waals surface area contributed by atoms with Crippen molar-refractivity contribution in [2.75, 3.05) is 0 Å². The minimum Gasteiger partial charge on any atom is -0.491 e. The van der Waals surface area contributed by atoms with Crippen LogP contribution in [0.15, 0.2) is 24.3 Å². The van der Waals surface area contributed by atoms with E-state index < -0.39 is 0 Å². The number of nitrogens with one attached hydrogen (secondary N) is 1. The third kappa shape index (κ3) is 4.54. The van der Waals surface area contributed by atoms with Gasteiger partial charge in [0, 0.05) is 12.6 Å². The predicted molar refractivity (Wildman–Crippen MR) is 80.5 cm³/mol. The Bertz CT molecular complexity index is 365. The summed E-state index contributed by atoms with van der Waals surface area (Å²) in [5.74, 6) is 1.84. The van der Waals surface area contributed by atoms with Crippen LogP contribution >= 0.6 is 0 Å². The largest absolute Gasteiger partial charge is 0.491 e. The third-order valence-electron chi connectivity index (χ3n) is 4.03. The summed E-state index contributed by atoms with van der Waals surface area (Å²) >= 11 is 0. The van der Waals surface area contributed by atoms with E-state index in [1.54, 1.807) is 0 Å². The molecule has 0 aliphatic heterocycles. The average molecular weight is 261 g/mol. The van der Waals surface area contributed by atoms with Crippen molar-refractivity contribution in [3.63, 3.8) is 0 Å². The Hall–Kier alpha value is -1.02. The fourth-order valence-electron chi connectivity index (χ4n) is 2.86. The maximum atomic E-state index is 5.66. The van der Waals surface area contributed by atoms with Crippen LogP contribution in [-0.4, -0.2) is 12.1 Å². The molecule has 0 saturated heterocycles. The first-order valence-corrected chi connectivity index (χ1v) is 7.64. The van der Waals surface area contributed by atoms with Crippen molar-refractivity contribution >= 4 is 0 Å². The lowest BCUT2D eigenvalue weighted by Crippen LogP contribution is -2.31. The second kappa shape index (κ2) is 6.95. The molecule has 1 aromatic rings. The van der Waals surface area contributed by atoms with Gasteiger partial charge in [0.2, 0.25) is 0 Å². The van der Waals surface area contributed by atoms with Gasteiger partial charge in [0.15, 0.2) is 0 Å². The van der Waals surface area contributed by atoms with Crippen LogP contribution in [-0.2, 0) is 6.54 Å². The van der Waals surface area contributed by atoms with Crippen LogP contribution in [0.5, 0.6) is 5.75 Å². The molecule has 1 fully saturated rings. The van der Waals surface area contributed by atoms with E-state index in [0.717, 1.165) is 18.2 Å². The molecule has 0 unspecified atom stereocenters. The predicted octanol–water partition coefficient (Wildman–Crippen LogP) is 4.14. The summed E-state index contributed by atoms with van der Waals surface area (Å²) < 4.78 is 5.66. The molecule has 2 nitrogen and oxygen atoms in total. The first-order valence-electron chi connectivity index (χ1n) is 7.64. The standard InChI is InChI=1S/C17H27NO/c1-13(2)19-17-10-8-15(9-11-17)12-18-14(3)16-6-4-5-7-16/h8-11,13-14,16,18H,4-7,12H2,1-3H3/t14-/m0/s1. The van der Waals surface area contributed by atoms with Gasteiger partial charge < -0.3 is 10.1 Å². The summed E-state index contributed by atoms with van der Waals surface area (Å²) in [6, 6.07) is 9.08. The number of hydrogen-bond donors (Lipinski definition) is 1. The lowest BCUT2D eigenvalue weighted by Gasteiger charge is -2.20. The van der Waals surface area contributed by atoms with Crippen molar-refractivity contribution in [1.82, 2.24) is 5.32 Å². The number of benzene rings is 1. The van der Waals surface area contributed by atoms with Gasteiger partial charge in [0.05, 0.1) is 6.10 Å². The van der Waals surface area contributed by atoms with E-state index in [2.05, 4.69) is 50.4 Å². The number of ether oxygens (including phenoxy) is 1. The Labute approximate surface area is 117 Å². The molecule has 0 bridgehead atoms. The molecule has 1 saturated carbocycles. The van der Waals surface area contributed by atoms with Gasteiger partial charge >= 0.3 is 0 Å². The Morgan fingerprint density at radius 2 is 1.74 bits per heavy atom. The van der Waals surface area contributed by atoms with Gasteiger partial charge in [-0.1, -0.05) is 25.0 Å². The van der Waals surface area contributed by atoms with Crippen LogP contribution < -0.4 is 10.1 Å². The van der Waals surface area contributed by atoms with Crippen LogP contribution in [0.2, 0.25) is 0 Å². The molecule has 2 heteroatoms. The van der Waals surface area contributed by atoms with Gasteiger partial charge in [-0.25, -0.2) is 0 Å². The SMILES string of the molecule is CC(C)Oc1ccc(CN[C@@H](C)C2CCCC2)cc1. The molecule has 0 aromatic heterocycles. The molecule has 106 valence electrons. The maximum Gasteiger partial charge on any atom is 0.119 e. The molecule has 2 rings (SSSR count). The van der Waals surface area contributed by atoms with Gasteiger partial charge in [0.25, 0.3) is 0 Å². The number of rotatable bonds is 6. The number of hydrogen-bond acceptors (Lipinski definition) is 2. The van der Waals surface area contributed by atoms with Crippen LogP contribution in [0.1, 0.15) is 52.0 Å². The molecule has 1 aliphatic carbocycles. The highest BCUT2D eigenvalue weighted by Crippen LogP contribution is 2.27. The monoisotopic (exact) mass is 261 g/mol. The molecule has 1 aromatic carbocycles. The van der Waals surface area contributed by atoms with Crippen LogP contribution in [0.3, 0.4) is 0 Å². The van der Waals surface area contributed by atoms with Crippen molar-refractivity contribution in [3.05, 3.63) is 29.8 Å². The van der Waals surface area contributed by atoms with Crippen molar-refractivity contribution in [2.45, 2.75) is 65.1 Å². The molecular weight excluding hydrogens is 234 g/mol. The van der Waals surface area contributed by atoms with Crippen molar-refractivity contribution in [2.24, 2.45) is 5.92 Å². The summed E-state index contributed by atoms with van der Waals surface area (Å²) in [6.45, 7) is 7.39. The van der Waals surface area contributed by atoms with E-state index in [4.69, 9.17) is 4.74 Å². The fraction of sp³-hybridized carbons (Fsp3) is 0.647. The highest BCUT2D eigenvalue weighted by atomic mass is 16.5. The van der Waals surface area contributed by atoms with E-state index in [1.807, 2.05) is 0 Å². The lowest BCUT2D eigenvalue weighted by atomic mass is 9.99. The molecular formula is C17H27NO. The molecule has 1 aliphatic rings. The van der Waals surface area contributed by atoms with Crippen LogP contribution in [0, 0.1) is 5.92 Å². The summed E-state index contributed by atoms with van der Waals surface area (Å²) in [6.07, 6.45) is 5.87. The van der Waals surface area contributed by atoms with Crippen LogP contribution in [0.25, 0.3) is 0 Å². The van der Waals surface area contributed by atoms with E-state index in [9.17, 15) is 0 Å². The Kier molecular flexibility index (Phi) is 5.26. The molecule has 0 amide bonds. The van der Waals surface area contributed by atoms with E-state index in [0.29, 0.717) is 6.04 Å². The van der Waals surface area contributed by atoms with Gasteiger partial charge in [-0.15, -0.1) is 0 Å². The molecule has 1 atom stereocenters. The highest BCUT2D eigenvalue weighted by molar-refractivity contribution is 5.27. The summed E-state index contributed by atoms with van der Waals surface area (Å²) in [7, 11) is 0. The van der Waals surface area contributed by atoms with Gasteiger partial charge in [0.1, 0.15) is 5.75 Å². The Morgan fingerprint density at radius 3 is 2.32 bits per heavy atom. The zero-order valence-electron chi connectivity index (χ0n) is 12.5. The van der Waals surface area contributed by atoms with E-state index >= 15 is 0 Å². The molecule has 19 heavy (non-hydrogen) atoms. The molecule has 0 spiro atoms. The second-order valence-corrected chi connectivity index (χ2v) is 6.02. The minimum atomic E-state index is 0.242. The average Bonchev–Trinajstić information content (AvgIpc) is 2.91. The zero-order chi connectivity index (χ0) is 13.7. The molecule has 0 radical (unpaired) electrons.